The first kappa shape index (κ1) is 15.1. The quantitative estimate of drug-likeness (QED) is 0.878. The number of methoxy groups -OCH3 is 1. The summed E-state index contributed by atoms with van der Waals surface area (Å²) in [5.74, 6) is 0.629. The highest BCUT2D eigenvalue weighted by molar-refractivity contribution is 5.92. The lowest BCUT2D eigenvalue weighted by atomic mass is 10.1. The molecule has 2 rings (SSSR count). The molecule has 1 aromatic heterocycles. The van der Waals surface area contributed by atoms with Gasteiger partial charge in [0.15, 0.2) is 5.69 Å². The van der Waals surface area contributed by atoms with Gasteiger partial charge in [-0.1, -0.05) is 36.8 Å². The second-order valence-corrected chi connectivity index (χ2v) is 5.06. The van der Waals surface area contributed by atoms with Gasteiger partial charge in [-0.3, -0.25) is 0 Å². The van der Waals surface area contributed by atoms with E-state index in [9.17, 15) is 4.79 Å². The molecule has 0 saturated carbocycles. The van der Waals surface area contributed by atoms with Crippen molar-refractivity contribution in [2.75, 3.05) is 12.8 Å². The average molecular weight is 287 g/mol. The van der Waals surface area contributed by atoms with Crippen molar-refractivity contribution in [3.05, 3.63) is 46.9 Å². The van der Waals surface area contributed by atoms with Gasteiger partial charge in [0.25, 0.3) is 0 Å². The Morgan fingerprint density at radius 3 is 2.52 bits per heavy atom. The van der Waals surface area contributed by atoms with Crippen LogP contribution in [0.4, 0.5) is 5.82 Å². The zero-order valence-corrected chi connectivity index (χ0v) is 12.9. The molecule has 0 amide bonds. The largest absolute Gasteiger partial charge is 0.464 e. The van der Waals surface area contributed by atoms with Gasteiger partial charge in [-0.05, 0) is 19.4 Å². The first-order chi connectivity index (χ1) is 9.99. The Morgan fingerprint density at radius 1 is 1.38 bits per heavy atom. The number of nitrogen functional groups attached to an aromatic ring is 1. The molecule has 1 heterocycles. The van der Waals surface area contributed by atoms with E-state index in [4.69, 9.17) is 10.5 Å². The lowest BCUT2D eigenvalue weighted by molar-refractivity contribution is 0.0595. The number of imidazole rings is 1. The highest BCUT2D eigenvalue weighted by atomic mass is 16.5. The summed E-state index contributed by atoms with van der Waals surface area (Å²) in [6.07, 6.45) is 0.692. The van der Waals surface area contributed by atoms with Gasteiger partial charge >= 0.3 is 5.97 Å². The molecule has 5 nitrogen and oxygen atoms in total. The summed E-state index contributed by atoms with van der Waals surface area (Å²) in [4.78, 5) is 16.1. The maximum Gasteiger partial charge on any atom is 0.360 e. The maximum atomic E-state index is 11.7. The number of carbonyl (C=O) groups excluding carboxylic acids is 1. The van der Waals surface area contributed by atoms with Crippen LogP contribution in [0.2, 0.25) is 0 Å². The van der Waals surface area contributed by atoms with Gasteiger partial charge in [-0.25, -0.2) is 9.78 Å². The molecule has 0 saturated heterocycles. The van der Waals surface area contributed by atoms with Crippen molar-refractivity contribution in [3.63, 3.8) is 0 Å². The number of rotatable bonds is 4. The number of ether oxygens (including phenoxy) is 1. The number of esters is 1. The van der Waals surface area contributed by atoms with Crippen LogP contribution in [0.25, 0.3) is 0 Å². The van der Waals surface area contributed by atoms with E-state index < -0.39 is 5.97 Å². The van der Waals surface area contributed by atoms with Crippen molar-refractivity contribution in [2.24, 2.45) is 0 Å². The summed E-state index contributed by atoms with van der Waals surface area (Å²) in [6.45, 7) is 6.08. The highest BCUT2D eigenvalue weighted by Crippen LogP contribution is 2.26. The molecular formula is C16H21N3O2. The first-order valence-corrected chi connectivity index (χ1v) is 7.01. The van der Waals surface area contributed by atoms with E-state index in [1.807, 2.05) is 25.3 Å². The Morgan fingerprint density at radius 2 is 2.00 bits per heavy atom. The van der Waals surface area contributed by atoms with Gasteiger partial charge in [0.1, 0.15) is 11.6 Å². The molecule has 0 fully saturated rings. The molecule has 0 aliphatic rings. The molecule has 0 spiro atoms. The number of benzene rings is 1. The number of anilines is 1. The average Bonchev–Trinajstić information content (AvgIpc) is 2.83. The molecule has 1 atom stereocenters. The number of hydrogen-bond acceptors (Lipinski definition) is 4. The summed E-state index contributed by atoms with van der Waals surface area (Å²) in [5, 5.41) is 0. The van der Waals surface area contributed by atoms with Crippen molar-refractivity contribution in [1.82, 2.24) is 9.55 Å². The second kappa shape index (κ2) is 5.99. The Hall–Kier alpha value is -2.30. The normalized spacial score (nSPS) is 12.2. The number of aromatic nitrogens is 2. The molecule has 112 valence electrons. The van der Waals surface area contributed by atoms with Crippen LogP contribution in [0.15, 0.2) is 24.3 Å². The second-order valence-electron chi connectivity index (χ2n) is 5.06. The molecular weight excluding hydrogens is 266 g/mol. The third kappa shape index (κ3) is 2.77. The molecule has 0 aliphatic carbocycles. The van der Waals surface area contributed by atoms with E-state index in [0.717, 1.165) is 11.4 Å². The number of hydrogen-bond donors (Lipinski definition) is 1. The third-order valence-electron chi connectivity index (χ3n) is 3.66. The fourth-order valence-corrected chi connectivity index (χ4v) is 2.42. The molecule has 2 N–H and O–H groups in total. The summed E-state index contributed by atoms with van der Waals surface area (Å²) in [5.41, 5.74) is 8.64. The van der Waals surface area contributed by atoms with Crippen molar-refractivity contribution >= 4 is 11.8 Å². The monoisotopic (exact) mass is 287 g/mol. The molecule has 0 aliphatic heterocycles. The molecule has 1 aromatic carbocycles. The molecule has 2 aromatic rings. The topological polar surface area (TPSA) is 70.1 Å². The van der Waals surface area contributed by atoms with Crippen LogP contribution in [0.3, 0.4) is 0 Å². The predicted octanol–water partition coefficient (Wildman–Crippen LogP) is 2.73. The predicted molar refractivity (Wildman–Crippen MR) is 82.3 cm³/mol. The van der Waals surface area contributed by atoms with Crippen LogP contribution in [-0.2, 0) is 11.2 Å². The minimum atomic E-state index is -0.503. The minimum Gasteiger partial charge on any atom is -0.464 e. The lowest BCUT2D eigenvalue weighted by Crippen LogP contribution is -2.14. The van der Waals surface area contributed by atoms with Crippen LogP contribution in [0.5, 0.6) is 0 Å². The van der Waals surface area contributed by atoms with E-state index in [-0.39, 0.29) is 11.7 Å². The summed E-state index contributed by atoms with van der Waals surface area (Å²) < 4.78 is 6.64. The maximum absolute atomic E-state index is 11.7. The van der Waals surface area contributed by atoms with E-state index in [0.29, 0.717) is 12.2 Å². The molecule has 5 heteroatoms. The third-order valence-corrected chi connectivity index (χ3v) is 3.66. The number of aryl methyl sites for hydroxylation is 2. The van der Waals surface area contributed by atoms with E-state index in [2.05, 4.69) is 29.2 Å². The number of nitrogens with two attached hydrogens (primary N) is 1. The zero-order valence-electron chi connectivity index (χ0n) is 12.9. The SMILES string of the molecule is CCc1nc(C(=O)OC)c(N)n1C(C)c1ccc(C)cc1. The smallest absolute Gasteiger partial charge is 0.360 e. The standard InChI is InChI=1S/C16H21N3O2/c1-5-13-18-14(16(20)21-4)15(17)19(13)11(3)12-8-6-10(2)7-9-12/h6-9,11H,5,17H2,1-4H3. The zero-order chi connectivity index (χ0) is 15.6. The number of carbonyl (C=O) groups is 1. The highest BCUT2D eigenvalue weighted by Gasteiger charge is 2.23. The van der Waals surface area contributed by atoms with E-state index in [1.54, 1.807) is 0 Å². The fourth-order valence-electron chi connectivity index (χ4n) is 2.42. The Balaban J connectivity index is 2.49. The molecule has 21 heavy (non-hydrogen) atoms. The number of nitrogens with zero attached hydrogens (tertiary/aromatic N) is 2. The van der Waals surface area contributed by atoms with E-state index in [1.165, 1.54) is 12.7 Å². The summed E-state index contributed by atoms with van der Waals surface area (Å²) >= 11 is 0. The van der Waals surface area contributed by atoms with Crippen molar-refractivity contribution in [3.8, 4) is 0 Å². The fraction of sp³-hybridized carbons (Fsp3) is 0.375. The van der Waals surface area contributed by atoms with Gasteiger partial charge in [0.2, 0.25) is 0 Å². The Labute approximate surface area is 124 Å². The molecule has 0 bridgehead atoms. The van der Waals surface area contributed by atoms with Gasteiger partial charge in [0, 0.05) is 6.42 Å². The van der Waals surface area contributed by atoms with E-state index >= 15 is 0 Å². The van der Waals surface area contributed by atoms with Crippen LogP contribution >= 0.6 is 0 Å². The lowest BCUT2D eigenvalue weighted by Gasteiger charge is -2.18. The summed E-state index contributed by atoms with van der Waals surface area (Å²) in [7, 11) is 1.33. The van der Waals surface area contributed by atoms with Gasteiger partial charge < -0.3 is 15.0 Å². The van der Waals surface area contributed by atoms with Gasteiger partial charge in [-0.2, -0.15) is 0 Å². The Kier molecular flexibility index (Phi) is 4.31. The van der Waals surface area contributed by atoms with Crippen LogP contribution < -0.4 is 5.73 Å². The summed E-state index contributed by atoms with van der Waals surface area (Å²) in [6, 6.07) is 8.26. The first-order valence-electron chi connectivity index (χ1n) is 7.01. The Bertz CT molecular complexity index is 644. The van der Waals surface area contributed by atoms with Crippen LogP contribution in [0, 0.1) is 6.92 Å². The van der Waals surface area contributed by atoms with Crippen LogP contribution in [0.1, 0.15) is 47.3 Å². The van der Waals surface area contributed by atoms with Crippen LogP contribution in [-0.4, -0.2) is 22.6 Å². The molecule has 1 unspecified atom stereocenters. The van der Waals surface area contributed by atoms with Crippen molar-refractivity contribution < 1.29 is 9.53 Å². The van der Waals surface area contributed by atoms with Crippen molar-refractivity contribution in [1.29, 1.82) is 0 Å². The van der Waals surface area contributed by atoms with Crippen molar-refractivity contribution in [2.45, 2.75) is 33.2 Å². The molecule has 0 radical (unpaired) electrons. The minimum absolute atomic E-state index is 0.00598. The van der Waals surface area contributed by atoms with Gasteiger partial charge in [0.05, 0.1) is 13.2 Å². The van der Waals surface area contributed by atoms with Gasteiger partial charge in [-0.15, -0.1) is 0 Å².